The van der Waals surface area contributed by atoms with Crippen LogP contribution in [0.15, 0.2) is 11.6 Å². The van der Waals surface area contributed by atoms with Crippen LogP contribution in [-0.4, -0.2) is 165 Å². The zero-order chi connectivity index (χ0) is 44.7. The summed E-state index contributed by atoms with van der Waals surface area (Å²) in [5.41, 5.74) is -0.897. The van der Waals surface area contributed by atoms with Gasteiger partial charge >= 0.3 is 17.9 Å². The van der Waals surface area contributed by atoms with Crippen LogP contribution < -0.4 is 0 Å². The Morgan fingerprint density at radius 3 is 2.23 bits per heavy atom. The summed E-state index contributed by atoms with van der Waals surface area (Å²) >= 11 is 0. The second kappa shape index (κ2) is 17.4. The number of carbonyl (C=O) groups is 2. The van der Waals surface area contributed by atoms with Crippen LogP contribution in [0.2, 0.25) is 0 Å². The van der Waals surface area contributed by atoms with Crippen molar-refractivity contribution in [2.45, 2.75) is 196 Å². The van der Waals surface area contributed by atoms with E-state index in [0.29, 0.717) is 12.3 Å². The highest BCUT2D eigenvalue weighted by Crippen LogP contribution is 2.70. The van der Waals surface area contributed by atoms with Crippen molar-refractivity contribution in [1.82, 2.24) is 0 Å². The van der Waals surface area contributed by atoms with Crippen LogP contribution in [0.1, 0.15) is 98.8 Å². The summed E-state index contributed by atoms with van der Waals surface area (Å²) in [5, 5.41) is 75.9. The largest absolute Gasteiger partial charge is 0.462 e. The zero-order valence-electron chi connectivity index (χ0n) is 36.6. The van der Waals surface area contributed by atoms with E-state index in [2.05, 4.69) is 13.8 Å². The van der Waals surface area contributed by atoms with Crippen LogP contribution in [0.3, 0.4) is 0 Å². The molecule has 352 valence electrons. The standard InChI is InChI=1S/C44H68O18/c1-20-38(60-34-16-29(54-6)39(21(2)57-34)62-44(53)40(51)37(50)36(49)31(18-45)61-44)28(47)15-33(56-20)59-25-9-11-41(4)24(14-25)7-8-27-26(41)10-12-42(5)35(23-13-32(48)55-19-23)30(58-22(3)46)17-43(27,42)52/h13,20-21,24-31,33-40,45,47,49-53H,7-12,14-19H2,1-6H3. The molecule has 0 amide bonds. The predicted octanol–water partition coefficient (Wildman–Crippen LogP) is 0.706. The lowest BCUT2D eigenvalue weighted by Gasteiger charge is -2.63. The third-order valence-electron chi connectivity index (χ3n) is 16.6. The number of esters is 2. The van der Waals surface area contributed by atoms with Crippen LogP contribution in [-0.2, 0) is 52.2 Å². The number of carbonyl (C=O) groups excluding carboxylic acids is 2. The summed E-state index contributed by atoms with van der Waals surface area (Å²) in [4.78, 5) is 24.5. The lowest BCUT2D eigenvalue weighted by Crippen LogP contribution is -2.68. The molecule has 0 aromatic rings. The zero-order valence-corrected chi connectivity index (χ0v) is 36.6. The van der Waals surface area contributed by atoms with Crippen molar-refractivity contribution in [1.29, 1.82) is 0 Å². The topological polar surface area (TPSA) is 259 Å². The quantitative estimate of drug-likeness (QED) is 0.0906. The average Bonchev–Trinajstić information content (AvgIpc) is 3.73. The normalized spacial score (nSPS) is 52.9. The molecule has 22 atom stereocenters. The van der Waals surface area contributed by atoms with E-state index < -0.39 is 115 Å². The number of aliphatic hydroxyl groups excluding tert-OH is 5. The number of fused-ring (bicyclic) bond motifs is 5. The van der Waals surface area contributed by atoms with Gasteiger partial charge in [-0.2, -0.15) is 0 Å². The summed E-state index contributed by atoms with van der Waals surface area (Å²) in [5.74, 6) is -3.26. The summed E-state index contributed by atoms with van der Waals surface area (Å²) in [6, 6.07) is 0. The van der Waals surface area contributed by atoms with Crippen molar-refractivity contribution in [3.63, 3.8) is 0 Å². The van der Waals surface area contributed by atoms with Crippen LogP contribution in [0.4, 0.5) is 0 Å². The molecule has 8 aliphatic rings. The molecule has 0 bridgehead atoms. The molecule has 0 aromatic carbocycles. The third-order valence-corrected chi connectivity index (χ3v) is 16.6. The molecule has 62 heavy (non-hydrogen) atoms. The number of rotatable bonds is 10. The van der Waals surface area contributed by atoms with E-state index in [-0.39, 0.29) is 48.7 Å². The van der Waals surface area contributed by atoms with Crippen molar-refractivity contribution in [3.8, 4) is 0 Å². The van der Waals surface area contributed by atoms with E-state index >= 15 is 0 Å². The van der Waals surface area contributed by atoms with Crippen LogP contribution in [0, 0.1) is 34.5 Å². The van der Waals surface area contributed by atoms with Gasteiger partial charge in [0.05, 0.1) is 42.7 Å². The van der Waals surface area contributed by atoms with E-state index in [1.54, 1.807) is 13.8 Å². The van der Waals surface area contributed by atoms with Crippen molar-refractivity contribution < 1.29 is 88.0 Å². The number of cyclic esters (lactones) is 1. The fourth-order valence-electron chi connectivity index (χ4n) is 13.5. The van der Waals surface area contributed by atoms with Gasteiger partial charge in [0.15, 0.2) is 18.7 Å². The number of methoxy groups -OCH3 is 1. The first kappa shape index (κ1) is 46.6. The molecular weight excluding hydrogens is 816 g/mol. The van der Waals surface area contributed by atoms with E-state index in [0.717, 1.165) is 50.5 Å². The maximum Gasteiger partial charge on any atom is 0.331 e. The van der Waals surface area contributed by atoms with Crippen molar-refractivity contribution in [2.24, 2.45) is 34.5 Å². The lowest BCUT2D eigenvalue weighted by molar-refractivity contribution is -0.470. The molecule has 7 fully saturated rings. The predicted molar refractivity (Wildman–Crippen MR) is 211 cm³/mol. The van der Waals surface area contributed by atoms with Gasteiger partial charge in [-0.15, -0.1) is 0 Å². The van der Waals surface area contributed by atoms with E-state index in [1.807, 2.05) is 0 Å². The Hall–Kier alpha value is -1.88. The molecule has 18 nitrogen and oxygen atoms in total. The number of ether oxygens (including phenoxy) is 9. The molecule has 4 heterocycles. The molecule has 8 rings (SSSR count). The molecule has 4 aliphatic carbocycles. The third kappa shape index (κ3) is 7.98. The Bertz CT molecular complexity index is 1670. The smallest absolute Gasteiger partial charge is 0.331 e. The minimum atomic E-state index is -2.79. The number of aliphatic hydroxyl groups is 7. The number of hydrogen-bond acceptors (Lipinski definition) is 18. The van der Waals surface area contributed by atoms with E-state index in [9.17, 15) is 45.3 Å². The van der Waals surface area contributed by atoms with Crippen LogP contribution in [0.5, 0.6) is 0 Å². The minimum absolute atomic E-state index is 0.0127. The summed E-state index contributed by atoms with van der Waals surface area (Å²) in [7, 11) is 1.42. The average molecular weight is 885 g/mol. The highest BCUT2D eigenvalue weighted by molar-refractivity contribution is 5.85. The molecule has 0 aromatic heterocycles. The van der Waals surface area contributed by atoms with Crippen LogP contribution >= 0.6 is 0 Å². The van der Waals surface area contributed by atoms with Crippen molar-refractivity contribution in [3.05, 3.63) is 11.6 Å². The molecule has 22 unspecified atom stereocenters. The highest BCUT2D eigenvalue weighted by Gasteiger charge is 2.71. The molecule has 4 aliphatic heterocycles. The molecule has 0 radical (unpaired) electrons. The van der Waals surface area contributed by atoms with Gasteiger partial charge in [-0.25, -0.2) is 4.79 Å². The van der Waals surface area contributed by atoms with Gasteiger partial charge in [0.2, 0.25) is 0 Å². The minimum Gasteiger partial charge on any atom is -0.462 e. The second-order valence-electron chi connectivity index (χ2n) is 20.0. The molecule has 18 heteroatoms. The Morgan fingerprint density at radius 2 is 1.58 bits per heavy atom. The Kier molecular flexibility index (Phi) is 13.1. The lowest BCUT2D eigenvalue weighted by atomic mass is 9.43. The second-order valence-corrected chi connectivity index (χ2v) is 20.0. The van der Waals surface area contributed by atoms with Gasteiger partial charge in [0.25, 0.3) is 0 Å². The fourth-order valence-corrected chi connectivity index (χ4v) is 13.5. The van der Waals surface area contributed by atoms with Crippen molar-refractivity contribution >= 4 is 11.9 Å². The SMILES string of the molecule is COC1CC(OC2C(O)CC(OC3CCC4(C)C(CCC5C4CCC4(C)C(C6=CC(=O)OC6)C(OC(C)=O)CC54O)C3)OC2C)OC(C)C1OC1(O)OC(CO)C(O)C(O)C1O. The Labute approximate surface area is 362 Å². The van der Waals surface area contributed by atoms with E-state index in [1.165, 1.54) is 20.1 Å². The maximum absolute atomic E-state index is 12.9. The van der Waals surface area contributed by atoms with Crippen LogP contribution in [0.25, 0.3) is 0 Å². The Morgan fingerprint density at radius 1 is 0.871 bits per heavy atom. The van der Waals surface area contributed by atoms with Gasteiger partial charge < -0.3 is 78.4 Å². The molecule has 4 saturated carbocycles. The molecule has 3 saturated heterocycles. The van der Waals surface area contributed by atoms with Gasteiger partial charge in [0.1, 0.15) is 43.2 Å². The monoisotopic (exact) mass is 884 g/mol. The molecule has 0 spiro atoms. The molecule has 7 N–H and O–H groups in total. The first-order chi connectivity index (χ1) is 29.2. The fraction of sp³-hybridized carbons (Fsp3) is 0.909. The van der Waals surface area contributed by atoms with Gasteiger partial charge in [-0.3, -0.25) is 4.79 Å². The summed E-state index contributed by atoms with van der Waals surface area (Å²) < 4.78 is 53.2. The first-order valence-corrected chi connectivity index (χ1v) is 22.6. The highest BCUT2D eigenvalue weighted by atomic mass is 16.8. The van der Waals surface area contributed by atoms with Gasteiger partial charge in [-0.05, 0) is 87.5 Å². The summed E-state index contributed by atoms with van der Waals surface area (Å²) in [6.07, 6.45) is -6.09. The maximum atomic E-state index is 12.9. The first-order valence-electron chi connectivity index (χ1n) is 22.6. The Balaban J connectivity index is 0.858. The molecular formula is C44H68O18. The van der Waals surface area contributed by atoms with E-state index in [4.69, 9.17) is 42.6 Å². The van der Waals surface area contributed by atoms with Gasteiger partial charge in [-0.1, -0.05) is 13.8 Å². The van der Waals surface area contributed by atoms with Gasteiger partial charge in [0, 0.05) is 50.7 Å². The van der Waals surface area contributed by atoms with Crippen molar-refractivity contribution in [2.75, 3.05) is 20.3 Å². The summed E-state index contributed by atoms with van der Waals surface area (Å²) in [6.45, 7) is 8.71. The number of hydrogen-bond donors (Lipinski definition) is 7.